The molecule has 0 aliphatic rings. The zero-order valence-electron chi connectivity index (χ0n) is 3.11. The van der Waals surface area contributed by atoms with Gasteiger partial charge in [0.25, 0.3) is 0 Å². The first-order valence-electron chi connectivity index (χ1n) is 0.204. The van der Waals surface area contributed by atoms with Gasteiger partial charge in [-0.05, 0) is 0 Å². The van der Waals surface area contributed by atoms with Crippen molar-refractivity contribution in [1.82, 2.24) is 0 Å². The Hall–Kier alpha value is 4.55. The Morgan fingerprint density at radius 2 is 0.750 bits per heavy atom. The third kappa shape index (κ3) is 46.5. The van der Waals surface area contributed by atoms with Gasteiger partial charge in [0.2, 0.25) is 0 Å². The van der Waals surface area contributed by atoms with Crippen LogP contribution in [0.1, 0.15) is 0 Å². The second kappa shape index (κ2) is 62.1. The summed E-state index contributed by atoms with van der Waals surface area (Å²) in [5.41, 5.74) is 0. The zero-order chi connectivity index (χ0) is 2.00. The van der Waals surface area contributed by atoms with Crippen LogP contribution in [0, 0.1) is 0 Å². The minimum absolute atomic E-state index is 0. The molecule has 1 nitrogen and oxygen atoms in total. The van der Waals surface area contributed by atoms with Crippen LogP contribution < -0.4 is 0 Å². The molecular weight excluding hydrogens is 573 g/mol. The van der Waals surface area contributed by atoms with E-state index in [1.807, 2.05) is 0 Å². The first-order chi connectivity index (χ1) is 1.00. The molecule has 6 radical (unpaired) electrons. The summed E-state index contributed by atoms with van der Waals surface area (Å²) < 4.78 is 8.34. The van der Waals surface area contributed by atoms with E-state index in [4.69, 9.17) is 3.08 Å². The van der Waals surface area contributed by atoms with Gasteiger partial charge < -0.3 is 0 Å². The Morgan fingerprint density at radius 3 is 0.750 bits per heavy atom. The molecule has 0 heterocycles. The molecule has 0 fully saturated rings. The van der Waals surface area contributed by atoms with Gasteiger partial charge in [0, 0.05) is 122 Å². The van der Waals surface area contributed by atoms with Gasteiger partial charge in [-0.3, -0.25) is 0 Å². The summed E-state index contributed by atoms with van der Waals surface area (Å²) >= 11 is 0.300. The smallest absolute Gasteiger partial charge is 0 e. The van der Waals surface area contributed by atoms with E-state index in [1.165, 1.54) is 0 Å². The fourth-order valence-corrected chi connectivity index (χ4v) is 0. The summed E-state index contributed by atoms with van der Waals surface area (Å²) in [6.07, 6.45) is 0. The second-order valence-corrected chi connectivity index (χ2v) is 0. The molecule has 0 amide bonds. The molecule has 0 aliphatic heterocycles. The van der Waals surface area contributed by atoms with Crippen molar-refractivity contribution >= 4 is 22.5 Å². The van der Waals surface area contributed by atoms with E-state index in [0.717, 1.165) is 0 Å². The number of hydrogen-bond acceptors (Lipinski definition) is 1. The summed E-state index contributed by atoms with van der Waals surface area (Å²) in [6.45, 7) is 0. The van der Waals surface area contributed by atoms with E-state index >= 15 is 0 Å². The molecule has 0 aromatic rings. The maximum Gasteiger partial charge on any atom is 0 e. The predicted molar refractivity (Wildman–Crippen MR) is 6.44 cm³/mol. The van der Waals surface area contributed by atoms with Crippen LogP contribution in [0.4, 0.5) is 0 Å². The molecule has 0 N–H and O–H groups in total. The molecule has 0 spiro atoms. The third-order valence-electron chi connectivity index (χ3n) is 0. The summed E-state index contributed by atoms with van der Waals surface area (Å²) in [7, 11) is 0. The van der Waals surface area contributed by atoms with Crippen molar-refractivity contribution in [2.75, 3.05) is 0 Å². The maximum atomic E-state index is 8.34. The molecule has 0 atom stereocenters. The van der Waals surface area contributed by atoms with Crippen molar-refractivity contribution in [2.24, 2.45) is 0 Å². The Bertz CT molecular complexity index is 18.0. The van der Waals surface area contributed by atoms with E-state index in [1.54, 1.807) is 0 Å². The molecule has 8 heteroatoms. The molecule has 0 saturated carbocycles. The van der Waals surface area contributed by atoms with Gasteiger partial charge in [-0.15, -0.1) is 0 Å². The van der Waals surface area contributed by atoms with Crippen molar-refractivity contribution < 1.29 is 125 Å². The molecule has 0 aliphatic carbocycles. The number of hydrogen-bond donors (Lipinski definition) is 0. The molecule has 62 valence electrons. The van der Waals surface area contributed by atoms with Crippen LogP contribution in [-0.4, -0.2) is 22.5 Å². The monoisotopic (exact) mass is 571 g/mol. The predicted octanol–water partition coefficient (Wildman–Crippen LogP) is -0.515. The SMILES string of the molecule is [Ag].[Ag].[Cu].[Cu].[O]=[Sn].[Ti].[Ti]. The first-order valence-corrected chi connectivity index (χ1v) is 1.37. The van der Waals surface area contributed by atoms with Gasteiger partial charge in [0.15, 0.2) is 0 Å². The van der Waals surface area contributed by atoms with Gasteiger partial charge in [0.1, 0.15) is 0 Å². The van der Waals surface area contributed by atoms with Crippen LogP contribution in [0.5, 0.6) is 0 Å². The van der Waals surface area contributed by atoms with Gasteiger partial charge in [-0.1, -0.05) is 0 Å². The van der Waals surface area contributed by atoms with Crippen molar-refractivity contribution in [3.63, 3.8) is 0 Å². The topological polar surface area (TPSA) is 17.1 Å². The molecule has 8 heavy (non-hydrogen) atoms. The van der Waals surface area contributed by atoms with E-state index in [2.05, 4.69) is 0 Å². The molecule has 0 saturated heterocycles. The summed E-state index contributed by atoms with van der Waals surface area (Å²) in [4.78, 5) is 0. The Labute approximate surface area is 145 Å². The molecule has 0 aromatic heterocycles. The summed E-state index contributed by atoms with van der Waals surface area (Å²) in [5, 5.41) is 0. The van der Waals surface area contributed by atoms with Gasteiger partial charge >= 0.3 is 25.6 Å². The fourth-order valence-electron chi connectivity index (χ4n) is 0. The van der Waals surface area contributed by atoms with Crippen LogP contribution >= 0.6 is 0 Å². The molecule has 0 unspecified atom stereocenters. The molecule has 0 rings (SSSR count). The average molecular weight is 573 g/mol. The third-order valence-corrected chi connectivity index (χ3v) is 0. The van der Waals surface area contributed by atoms with E-state index in [0.29, 0.717) is 22.5 Å². The molecular formula is Ag2Cu2OSnTi2. The van der Waals surface area contributed by atoms with E-state index < -0.39 is 0 Å². The second-order valence-electron chi connectivity index (χ2n) is 0. The van der Waals surface area contributed by atoms with E-state index in [9.17, 15) is 0 Å². The quantitative estimate of drug-likeness (QED) is 0.357. The van der Waals surface area contributed by atoms with Crippen LogP contribution in [0.25, 0.3) is 0 Å². The molecule has 0 bridgehead atoms. The summed E-state index contributed by atoms with van der Waals surface area (Å²) in [6, 6.07) is 0. The Kier molecular flexibility index (Phi) is 422. The largest absolute Gasteiger partial charge is 0 e. The van der Waals surface area contributed by atoms with Crippen LogP contribution in [-0.2, 0) is 125 Å². The first kappa shape index (κ1) is 54.4. The fraction of sp³-hybridized carbons (Fsp3) is 0. The van der Waals surface area contributed by atoms with Crippen LogP contribution in [0.2, 0.25) is 0 Å². The maximum absolute atomic E-state index is 8.34. The Balaban J connectivity index is -0.000000000333. The van der Waals surface area contributed by atoms with E-state index in [-0.39, 0.29) is 122 Å². The van der Waals surface area contributed by atoms with Gasteiger partial charge in [-0.25, -0.2) is 0 Å². The van der Waals surface area contributed by atoms with Crippen LogP contribution in [0.3, 0.4) is 0 Å². The van der Waals surface area contributed by atoms with Crippen molar-refractivity contribution in [3.8, 4) is 0 Å². The molecule has 0 aromatic carbocycles. The zero-order valence-corrected chi connectivity index (χ0v) is 13.9. The van der Waals surface area contributed by atoms with Crippen molar-refractivity contribution in [3.05, 3.63) is 0 Å². The van der Waals surface area contributed by atoms with Crippen LogP contribution in [0.15, 0.2) is 0 Å². The standard InChI is InChI=1S/2Ag.2Cu.O.Sn.2Ti. The minimum Gasteiger partial charge on any atom is 0 e. The minimum atomic E-state index is 0. The average Bonchev–Trinajstić information content (AvgIpc) is 1.00. The van der Waals surface area contributed by atoms with Gasteiger partial charge in [0.05, 0.1) is 0 Å². The normalized spacial score (nSPS) is 0.500. The van der Waals surface area contributed by atoms with Gasteiger partial charge in [-0.2, -0.15) is 0 Å². The Morgan fingerprint density at radius 1 is 0.750 bits per heavy atom. The number of rotatable bonds is 0. The van der Waals surface area contributed by atoms with Crippen molar-refractivity contribution in [2.45, 2.75) is 0 Å². The summed E-state index contributed by atoms with van der Waals surface area (Å²) in [5.74, 6) is 0. The van der Waals surface area contributed by atoms with Crippen molar-refractivity contribution in [1.29, 1.82) is 0 Å².